The van der Waals surface area contributed by atoms with Crippen molar-refractivity contribution in [3.63, 3.8) is 0 Å². The lowest BCUT2D eigenvalue weighted by atomic mass is 10.3. The quantitative estimate of drug-likeness (QED) is 0.758. The Morgan fingerprint density at radius 2 is 2.00 bits per heavy atom. The maximum atomic E-state index is 6.01. The van der Waals surface area contributed by atoms with Crippen LogP contribution >= 0.6 is 34.5 Å². The molecule has 2 heterocycles. The van der Waals surface area contributed by atoms with E-state index in [1.807, 2.05) is 36.4 Å². The van der Waals surface area contributed by atoms with E-state index < -0.39 is 0 Å². The molecule has 3 rings (SSSR count). The molecule has 0 bridgehead atoms. The van der Waals surface area contributed by atoms with Gasteiger partial charge in [-0.1, -0.05) is 29.3 Å². The van der Waals surface area contributed by atoms with Gasteiger partial charge in [0, 0.05) is 5.02 Å². The highest BCUT2D eigenvalue weighted by Gasteiger charge is 2.11. The molecule has 0 aliphatic heterocycles. The van der Waals surface area contributed by atoms with Crippen LogP contribution in [0.1, 0.15) is 0 Å². The van der Waals surface area contributed by atoms with Gasteiger partial charge in [-0.15, -0.1) is 11.3 Å². The number of benzene rings is 1. The molecule has 3 aromatic rings. The molecule has 6 heteroatoms. The summed E-state index contributed by atoms with van der Waals surface area (Å²) in [5.74, 6) is 0. The number of rotatable bonds is 2. The number of hydrogen-bond acceptors (Lipinski definition) is 3. The third-order valence-electron chi connectivity index (χ3n) is 2.62. The van der Waals surface area contributed by atoms with E-state index in [-0.39, 0.29) is 0 Å². The van der Waals surface area contributed by atoms with Crippen LogP contribution in [-0.4, -0.2) is 9.78 Å². The van der Waals surface area contributed by atoms with E-state index in [1.165, 1.54) is 11.3 Å². The van der Waals surface area contributed by atoms with Crippen LogP contribution in [0.15, 0.2) is 42.6 Å². The maximum absolute atomic E-state index is 6.01. The zero-order valence-electron chi connectivity index (χ0n) is 9.68. The van der Waals surface area contributed by atoms with Gasteiger partial charge in [-0.2, -0.15) is 5.10 Å². The predicted molar refractivity (Wildman–Crippen MR) is 81.3 cm³/mol. The second-order valence-electron chi connectivity index (χ2n) is 3.96. The zero-order chi connectivity index (χ0) is 13.4. The van der Waals surface area contributed by atoms with E-state index in [0.29, 0.717) is 15.0 Å². The van der Waals surface area contributed by atoms with Gasteiger partial charge in [0.05, 0.1) is 26.8 Å². The lowest BCUT2D eigenvalue weighted by molar-refractivity contribution is 0.885. The molecule has 3 nitrogen and oxygen atoms in total. The Hall–Kier alpha value is -1.49. The lowest BCUT2D eigenvalue weighted by Crippen LogP contribution is -1.94. The van der Waals surface area contributed by atoms with Gasteiger partial charge < -0.3 is 5.73 Å². The zero-order valence-corrected chi connectivity index (χ0v) is 12.0. The average Bonchev–Trinajstić information content (AvgIpc) is 2.95. The van der Waals surface area contributed by atoms with E-state index in [2.05, 4.69) is 5.10 Å². The largest absolute Gasteiger partial charge is 0.396 e. The van der Waals surface area contributed by atoms with Gasteiger partial charge in [-0.05, 0) is 30.3 Å². The summed E-state index contributed by atoms with van der Waals surface area (Å²) >= 11 is 13.4. The Morgan fingerprint density at radius 3 is 2.68 bits per heavy atom. The van der Waals surface area contributed by atoms with E-state index >= 15 is 0 Å². The Bertz CT molecular complexity index is 733. The molecule has 2 N–H and O–H groups in total. The summed E-state index contributed by atoms with van der Waals surface area (Å²) in [6.45, 7) is 0. The van der Waals surface area contributed by atoms with Gasteiger partial charge in [-0.25, -0.2) is 4.68 Å². The van der Waals surface area contributed by atoms with Crippen LogP contribution in [0.4, 0.5) is 5.69 Å². The molecule has 0 amide bonds. The van der Waals surface area contributed by atoms with Crippen LogP contribution in [0, 0.1) is 0 Å². The number of nitrogens with two attached hydrogens (primary N) is 1. The molecule has 19 heavy (non-hydrogen) atoms. The molecule has 0 fully saturated rings. The van der Waals surface area contributed by atoms with E-state index in [1.54, 1.807) is 10.9 Å². The van der Waals surface area contributed by atoms with Crippen molar-refractivity contribution in [1.82, 2.24) is 9.78 Å². The van der Waals surface area contributed by atoms with Gasteiger partial charge >= 0.3 is 0 Å². The average molecular weight is 310 g/mol. The summed E-state index contributed by atoms with van der Waals surface area (Å²) < 4.78 is 2.43. The van der Waals surface area contributed by atoms with Crippen molar-refractivity contribution < 1.29 is 0 Å². The number of nitrogens with zero attached hydrogens (tertiary/aromatic N) is 2. The second-order valence-corrected chi connectivity index (χ2v) is 6.11. The molecule has 0 aliphatic rings. The first-order valence-electron chi connectivity index (χ1n) is 5.50. The fourth-order valence-electron chi connectivity index (χ4n) is 1.77. The molecule has 96 valence electrons. The van der Waals surface area contributed by atoms with Crippen LogP contribution in [0.25, 0.3) is 16.3 Å². The minimum atomic E-state index is 0.610. The molecule has 0 radical (unpaired) electrons. The Morgan fingerprint density at radius 1 is 1.16 bits per heavy atom. The monoisotopic (exact) mass is 309 g/mol. The van der Waals surface area contributed by atoms with Gasteiger partial charge in [0.2, 0.25) is 0 Å². The van der Waals surface area contributed by atoms with E-state index in [9.17, 15) is 0 Å². The SMILES string of the molecule is Nc1cn(-c2cccc(Cl)c2)nc1-c1ccc(Cl)s1. The van der Waals surface area contributed by atoms with Crippen molar-refractivity contribution in [3.05, 3.63) is 52.0 Å². The summed E-state index contributed by atoms with van der Waals surface area (Å²) in [4.78, 5) is 0.947. The lowest BCUT2D eigenvalue weighted by Gasteiger charge is -2.00. The molecule has 0 saturated heterocycles. The normalized spacial score (nSPS) is 10.8. The summed E-state index contributed by atoms with van der Waals surface area (Å²) in [5.41, 5.74) is 8.22. The molecule has 0 atom stereocenters. The van der Waals surface area contributed by atoms with Crippen molar-refractivity contribution in [2.24, 2.45) is 0 Å². The number of nitrogen functional groups attached to an aromatic ring is 1. The summed E-state index contributed by atoms with van der Waals surface area (Å²) in [6, 6.07) is 11.2. The summed E-state index contributed by atoms with van der Waals surface area (Å²) in [6.07, 6.45) is 1.77. The molecule has 2 aromatic heterocycles. The Kier molecular flexibility index (Phi) is 3.22. The van der Waals surface area contributed by atoms with Crippen molar-refractivity contribution in [1.29, 1.82) is 0 Å². The minimum Gasteiger partial charge on any atom is -0.396 e. The van der Waals surface area contributed by atoms with Gasteiger partial charge in [-0.3, -0.25) is 0 Å². The molecule has 0 unspecified atom stereocenters. The Labute approximate surface area is 124 Å². The highest BCUT2D eigenvalue weighted by molar-refractivity contribution is 7.19. The smallest absolute Gasteiger partial charge is 0.126 e. The first kappa shape index (κ1) is 12.5. The number of hydrogen-bond donors (Lipinski definition) is 1. The van der Waals surface area contributed by atoms with Crippen molar-refractivity contribution in [2.45, 2.75) is 0 Å². The van der Waals surface area contributed by atoms with Crippen LogP contribution in [0.2, 0.25) is 9.36 Å². The predicted octanol–water partition coefficient (Wildman–Crippen LogP) is 4.49. The van der Waals surface area contributed by atoms with Crippen LogP contribution in [-0.2, 0) is 0 Å². The third-order valence-corrected chi connectivity index (χ3v) is 4.09. The van der Waals surface area contributed by atoms with Crippen LogP contribution < -0.4 is 5.73 Å². The standard InChI is InChI=1S/C13H9Cl2N3S/c14-8-2-1-3-9(6-8)18-7-10(16)13(17-18)11-4-5-12(15)19-11/h1-7H,16H2. The van der Waals surface area contributed by atoms with Gasteiger partial charge in [0.1, 0.15) is 5.69 Å². The fourth-order valence-corrected chi connectivity index (χ4v) is 3.01. The molecular weight excluding hydrogens is 301 g/mol. The topological polar surface area (TPSA) is 43.8 Å². The third kappa shape index (κ3) is 2.47. The Balaban J connectivity index is 2.06. The van der Waals surface area contributed by atoms with E-state index in [0.717, 1.165) is 16.3 Å². The first-order valence-corrected chi connectivity index (χ1v) is 7.07. The van der Waals surface area contributed by atoms with Crippen molar-refractivity contribution >= 4 is 40.2 Å². The summed E-state index contributed by atoms with van der Waals surface area (Å²) in [5, 5.41) is 5.15. The molecular formula is C13H9Cl2N3S. The van der Waals surface area contributed by atoms with Crippen molar-refractivity contribution in [2.75, 3.05) is 5.73 Å². The van der Waals surface area contributed by atoms with Crippen LogP contribution in [0.5, 0.6) is 0 Å². The summed E-state index contributed by atoms with van der Waals surface area (Å²) in [7, 11) is 0. The minimum absolute atomic E-state index is 0.610. The second kappa shape index (κ2) is 4.89. The van der Waals surface area contributed by atoms with Crippen LogP contribution in [0.3, 0.4) is 0 Å². The highest BCUT2D eigenvalue weighted by atomic mass is 35.5. The fraction of sp³-hybridized carbons (Fsp3) is 0. The van der Waals surface area contributed by atoms with E-state index in [4.69, 9.17) is 28.9 Å². The van der Waals surface area contributed by atoms with Gasteiger partial charge in [0.15, 0.2) is 0 Å². The number of halogens is 2. The highest BCUT2D eigenvalue weighted by Crippen LogP contribution is 2.33. The molecule has 0 spiro atoms. The maximum Gasteiger partial charge on any atom is 0.126 e. The number of thiophene rings is 1. The van der Waals surface area contributed by atoms with Gasteiger partial charge in [0.25, 0.3) is 0 Å². The molecule has 0 aliphatic carbocycles. The number of anilines is 1. The first-order chi connectivity index (χ1) is 9.13. The molecule has 1 aromatic carbocycles. The van der Waals surface area contributed by atoms with Crippen molar-refractivity contribution in [3.8, 4) is 16.3 Å². The molecule has 0 saturated carbocycles. The number of aromatic nitrogens is 2.